The second-order valence-corrected chi connectivity index (χ2v) is 7.46. The molecule has 1 amide bonds. The molecule has 0 radical (unpaired) electrons. The van der Waals surface area contributed by atoms with Crippen LogP contribution in [0, 0.1) is 11.6 Å². The highest BCUT2D eigenvalue weighted by atomic mass is 35.5. The summed E-state index contributed by atoms with van der Waals surface area (Å²) in [5, 5.41) is 11.8. The zero-order chi connectivity index (χ0) is 21.1. The molecule has 1 aliphatic heterocycles. The largest absolute Gasteiger partial charge is 0.322 e. The Balaban J connectivity index is 1.56. The van der Waals surface area contributed by atoms with Crippen molar-refractivity contribution in [1.82, 2.24) is 14.8 Å². The Labute approximate surface area is 177 Å². The number of hydrogen-bond acceptors (Lipinski definition) is 3. The molecule has 0 fully saturated rings. The number of benzene rings is 2. The minimum Gasteiger partial charge on any atom is -0.322 e. The Morgan fingerprint density at radius 2 is 1.90 bits per heavy atom. The monoisotopic (exact) mass is 428 g/mol. The SMILES string of the molecule is O=C(/C=C/c1c(F)cccc1F)Nc1ccc(Cl)c(-c2nnc3n2CCCCC3)c1. The van der Waals surface area contributed by atoms with E-state index in [0.717, 1.165) is 62.3 Å². The fourth-order valence-electron chi connectivity index (χ4n) is 3.47. The molecule has 5 nitrogen and oxygen atoms in total. The third kappa shape index (κ3) is 4.26. The molecular formula is C22H19ClF2N4O. The van der Waals surface area contributed by atoms with Gasteiger partial charge in [-0.05, 0) is 49.2 Å². The number of fused-ring (bicyclic) bond motifs is 1. The number of anilines is 1. The van der Waals surface area contributed by atoms with Gasteiger partial charge in [0.25, 0.3) is 0 Å². The van der Waals surface area contributed by atoms with Gasteiger partial charge in [-0.3, -0.25) is 4.79 Å². The highest BCUT2D eigenvalue weighted by Gasteiger charge is 2.18. The number of carbonyl (C=O) groups excluding carboxylic acids is 1. The van der Waals surface area contributed by atoms with Crippen LogP contribution < -0.4 is 5.32 Å². The van der Waals surface area contributed by atoms with Crippen molar-refractivity contribution in [3.8, 4) is 11.4 Å². The minimum absolute atomic E-state index is 0.268. The van der Waals surface area contributed by atoms with Crippen LogP contribution >= 0.6 is 11.6 Å². The van der Waals surface area contributed by atoms with Crippen LogP contribution in [0.2, 0.25) is 5.02 Å². The molecular weight excluding hydrogens is 410 g/mol. The maximum atomic E-state index is 13.7. The van der Waals surface area contributed by atoms with Crippen molar-refractivity contribution < 1.29 is 13.6 Å². The second kappa shape index (κ2) is 8.75. The second-order valence-electron chi connectivity index (χ2n) is 7.05. The number of carbonyl (C=O) groups is 1. The molecule has 0 saturated heterocycles. The lowest BCUT2D eigenvalue weighted by atomic mass is 10.1. The van der Waals surface area contributed by atoms with Crippen molar-refractivity contribution in [2.45, 2.75) is 32.2 Å². The van der Waals surface area contributed by atoms with Gasteiger partial charge in [-0.25, -0.2) is 8.78 Å². The first-order valence-corrected chi connectivity index (χ1v) is 10.1. The molecule has 3 aromatic rings. The molecule has 154 valence electrons. The fraction of sp³-hybridized carbons (Fsp3) is 0.227. The van der Waals surface area contributed by atoms with Crippen LogP contribution in [0.3, 0.4) is 0 Å². The topological polar surface area (TPSA) is 59.8 Å². The van der Waals surface area contributed by atoms with Crippen LogP contribution in [-0.2, 0) is 17.8 Å². The van der Waals surface area contributed by atoms with Gasteiger partial charge < -0.3 is 9.88 Å². The first-order chi connectivity index (χ1) is 14.5. The summed E-state index contributed by atoms with van der Waals surface area (Å²) in [7, 11) is 0. The van der Waals surface area contributed by atoms with Crippen molar-refractivity contribution in [1.29, 1.82) is 0 Å². The molecule has 4 rings (SSSR count). The van der Waals surface area contributed by atoms with Crippen molar-refractivity contribution in [3.63, 3.8) is 0 Å². The third-order valence-electron chi connectivity index (χ3n) is 4.99. The van der Waals surface area contributed by atoms with Gasteiger partial charge in [-0.2, -0.15) is 0 Å². The standard InChI is InChI=1S/C22H19ClF2N4O/c23-17-10-8-14(26-21(30)11-9-15-18(24)5-4-6-19(15)25)13-16(17)22-28-27-20-7-2-1-3-12-29(20)22/h4-6,8-11,13H,1-3,7,12H2,(H,26,30)/b11-9+. The van der Waals surface area contributed by atoms with Gasteiger partial charge in [0.05, 0.1) is 5.02 Å². The number of amides is 1. The molecule has 2 aromatic carbocycles. The van der Waals surface area contributed by atoms with E-state index < -0.39 is 17.5 Å². The van der Waals surface area contributed by atoms with Crippen LogP contribution in [0.25, 0.3) is 17.5 Å². The highest BCUT2D eigenvalue weighted by molar-refractivity contribution is 6.33. The number of halogens is 3. The molecule has 0 saturated carbocycles. The summed E-state index contributed by atoms with van der Waals surface area (Å²) in [5.74, 6) is -0.397. The highest BCUT2D eigenvalue weighted by Crippen LogP contribution is 2.31. The summed E-state index contributed by atoms with van der Waals surface area (Å²) in [4.78, 5) is 12.3. The number of aryl methyl sites for hydroxylation is 1. The molecule has 0 spiro atoms. The van der Waals surface area contributed by atoms with E-state index in [4.69, 9.17) is 11.6 Å². The van der Waals surface area contributed by atoms with Crippen molar-refractivity contribution in [3.05, 3.63) is 70.5 Å². The summed E-state index contributed by atoms with van der Waals surface area (Å²) in [5.41, 5.74) is 0.888. The predicted octanol–water partition coefficient (Wildman–Crippen LogP) is 5.26. The molecule has 8 heteroatoms. The van der Waals surface area contributed by atoms with E-state index in [9.17, 15) is 13.6 Å². The summed E-state index contributed by atoms with van der Waals surface area (Å²) in [6.07, 6.45) is 6.33. The quantitative estimate of drug-likeness (QED) is 0.577. The van der Waals surface area contributed by atoms with E-state index in [-0.39, 0.29) is 5.56 Å². The van der Waals surface area contributed by atoms with Crippen LogP contribution in [-0.4, -0.2) is 20.7 Å². The summed E-state index contributed by atoms with van der Waals surface area (Å²) in [6.45, 7) is 0.821. The van der Waals surface area contributed by atoms with Crippen molar-refractivity contribution in [2.24, 2.45) is 0 Å². The fourth-order valence-corrected chi connectivity index (χ4v) is 3.67. The zero-order valence-electron chi connectivity index (χ0n) is 16.0. The van der Waals surface area contributed by atoms with Gasteiger partial charge in [-0.1, -0.05) is 24.1 Å². The van der Waals surface area contributed by atoms with Crippen molar-refractivity contribution >= 4 is 29.3 Å². The average Bonchev–Trinajstić information content (AvgIpc) is 2.96. The summed E-state index contributed by atoms with van der Waals surface area (Å²) in [6, 6.07) is 8.58. The Bertz CT molecular complexity index is 1110. The maximum absolute atomic E-state index is 13.7. The van der Waals surface area contributed by atoms with E-state index in [1.54, 1.807) is 18.2 Å². The molecule has 2 heterocycles. The molecule has 1 aromatic heterocycles. The normalized spacial score (nSPS) is 13.8. The zero-order valence-corrected chi connectivity index (χ0v) is 16.8. The van der Waals surface area contributed by atoms with E-state index in [0.29, 0.717) is 22.1 Å². The van der Waals surface area contributed by atoms with Gasteiger partial charge in [-0.15, -0.1) is 10.2 Å². The molecule has 0 unspecified atom stereocenters. The molecule has 30 heavy (non-hydrogen) atoms. The summed E-state index contributed by atoms with van der Waals surface area (Å²) >= 11 is 6.39. The average molecular weight is 429 g/mol. The molecule has 0 bridgehead atoms. The minimum atomic E-state index is -0.736. The summed E-state index contributed by atoms with van der Waals surface area (Å²) < 4.78 is 29.5. The van der Waals surface area contributed by atoms with E-state index in [1.807, 2.05) is 0 Å². The Hall–Kier alpha value is -3.06. The van der Waals surface area contributed by atoms with Gasteiger partial charge >= 0.3 is 0 Å². The third-order valence-corrected chi connectivity index (χ3v) is 5.31. The van der Waals surface area contributed by atoms with E-state index in [2.05, 4.69) is 20.1 Å². The van der Waals surface area contributed by atoms with Crippen LogP contribution in [0.5, 0.6) is 0 Å². The van der Waals surface area contributed by atoms with Gasteiger partial charge in [0.15, 0.2) is 5.82 Å². The molecule has 1 aliphatic rings. The molecule has 0 atom stereocenters. The lowest BCUT2D eigenvalue weighted by Crippen LogP contribution is -2.08. The van der Waals surface area contributed by atoms with Crippen LogP contribution in [0.4, 0.5) is 14.5 Å². The van der Waals surface area contributed by atoms with Gasteiger partial charge in [0.1, 0.15) is 17.5 Å². The number of hydrogen-bond donors (Lipinski definition) is 1. The number of nitrogens with one attached hydrogen (secondary N) is 1. The number of aromatic nitrogens is 3. The first kappa shape index (κ1) is 20.2. The lowest BCUT2D eigenvalue weighted by molar-refractivity contribution is -0.111. The van der Waals surface area contributed by atoms with E-state index in [1.165, 1.54) is 6.07 Å². The number of nitrogens with zero attached hydrogens (tertiary/aromatic N) is 3. The molecule has 0 aliphatic carbocycles. The smallest absolute Gasteiger partial charge is 0.248 e. The van der Waals surface area contributed by atoms with Gasteiger partial charge in [0.2, 0.25) is 5.91 Å². The Kier molecular flexibility index (Phi) is 5.90. The van der Waals surface area contributed by atoms with Gasteiger partial charge in [0, 0.05) is 35.9 Å². The maximum Gasteiger partial charge on any atom is 0.248 e. The van der Waals surface area contributed by atoms with Crippen LogP contribution in [0.1, 0.15) is 30.7 Å². The Morgan fingerprint density at radius 3 is 2.70 bits per heavy atom. The van der Waals surface area contributed by atoms with E-state index >= 15 is 0 Å². The lowest BCUT2D eigenvalue weighted by Gasteiger charge is -2.10. The molecule has 1 N–H and O–H groups in total. The Morgan fingerprint density at radius 1 is 1.10 bits per heavy atom. The predicted molar refractivity (Wildman–Crippen MR) is 112 cm³/mol. The van der Waals surface area contributed by atoms with Crippen molar-refractivity contribution in [2.75, 3.05) is 5.32 Å². The van der Waals surface area contributed by atoms with Crippen LogP contribution in [0.15, 0.2) is 42.5 Å². The first-order valence-electron chi connectivity index (χ1n) is 9.68. The number of rotatable bonds is 4.